The highest BCUT2D eigenvalue weighted by molar-refractivity contribution is 8.15. The van der Waals surface area contributed by atoms with E-state index in [4.69, 9.17) is 11.6 Å². The van der Waals surface area contributed by atoms with Crippen molar-refractivity contribution < 1.29 is 4.79 Å². The summed E-state index contributed by atoms with van der Waals surface area (Å²) in [5.74, 6) is 0.335. The van der Waals surface area contributed by atoms with Crippen LogP contribution in [0.1, 0.15) is 5.56 Å². The average molecular weight is 320 g/mol. The standard InChI is InChI=1S/C13H10ClN5OS/c14-10-5-9(1-2-11(10)19-4-3-15-8-19)6-16-18-13-17-12(20)7-21-13/h1-6,8H,7H2,(H,17,18,20). The molecule has 1 saturated heterocycles. The number of aromatic nitrogens is 2. The van der Waals surface area contributed by atoms with Gasteiger partial charge in [-0.05, 0) is 17.7 Å². The first kappa shape index (κ1) is 13.8. The molecule has 1 fully saturated rings. The van der Waals surface area contributed by atoms with Gasteiger partial charge in [-0.25, -0.2) is 4.98 Å². The van der Waals surface area contributed by atoms with Crippen LogP contribution in [0.5, 0.6) is 0 Å². The molecule has 2 aromatic rings. The van der Waals surface area contributed by atoms with Crippen LogP contribution >= 0.6 is 23.4 Å². The number of hydrogen-bond donors (Lipinski definition) is 1. The number of thioether (sulfide) groups is 1. The molecule has 1 aromatic carbocycles. The second-order valence-corrected chi connectivity index (χ2v) is 5.54. The first-order valence-corrected chi connectivity index (χ1v) is 7.40. The van der Waals surface area contributed by atoms with Crippen molar-refractivity contribution >= 4 is 40.7 Å². The van der Waals surface area contributed by atoms with Crippen molar-refractivity contribution in [3.05, 3.63) is 47.5 Å². The van der Waals surface area contributed by atoms with Crippen molar-refractivity contribution in [2.75, 3.05) is 5.75 Å². The second kappa shape index (κ2) is 6.11. The molecule has 1 aromatic heterocycles. The smallest absolute Gasteiger partial charge is 0.236 e. The summed E-state index contributed by atoms with van der Waals surface area (Å²) in [6.07, 6.45) is 6.78. The van der Waals surface area contributed by atoms with Crippen LogP contribution in [0.2, 0.25) is 5.02 Å². The fourth-order valence-electron chi connectivity index (χ4n) is 1.74. The minimum Gasteiger partial charge on any atom is -0.305 e. The van der Waals surface area contributed by atoms with Gasteiger partial charge in [0.25, 0.3) is 0 Å². The Morgan fingerprint density at radius 3 is 3.05 bits per heavy atom. The fourth-order valence-corrected chi connectivity index (χ4v) is 2.66. The molecule has 3 rings (SSSR count). The molecule has 1 amide bonds. The van der Waals surface area contributed by atoms with Gasteiger partial charge in [0.15, 0.2) is 5.17 Å². The molecule has 0 bridgehead atoms. The van der Waals surface area contributed by atoms with Gasteiger partial charge in [0.2, 0.25) is 5.91 Å². The van der Waals surface area contributed by atoms with Gasteiger partial charge in [0, 0.05) is 12.4 Å². The number of imidazole rings is 1. The predicted octanol–water partition coefficient (Wildman–Crippen LogP) is 2.08. The van der Waals surface area contributed by atoms with Crippen LogP contribution < -0.4 is 5.32 Å². The molecule has 0 saturated carbocycles. The van der Waals surface area contributed by atoms with E-state index in [-0.39, 0.29) is 5.91 Å². The van der Waals surface area contributed by atoms with Crippen LogP contribution in [0, 0.1) is 0 Å². The SMILES string of the molecule is O=C1CSC(=NN=Cc2ccc(-n3ccnc3)c(Cl)c2)N1. The summed E-state index contributed by atoms with van der Waals surface area (Å²) >= 11 is 7.57. The molecule has 6 nitrogen and oxygen atoms in total. The molecule has 0 spiro atoms. The van der Waals surface area contributed by atoms with Gasteiger partial charge in [0.1, 0.15) is 0 Å². The lowest BCUT2D eigenvalue weighted by Crippen LogP contribution is -2.19. The van der Waals surface area contributed by atoms with Crippen molar-refractivity contribution in [2.24, 2.45) is 10.2 Å². The molecule has 1 aliphatic rings. The predicted molar refractivity (Wildman–Crippen MR) is 84.2 cm³/mol. The van der Waals surface area contributed by atoms with Crippen LogP contribution in [0.3, 0.4) is 0 Å². The molecule has 1 N–H and O–H groups in total. The lowest BCUT2D eigenvalue weighted by atomic mass is 10.2. The molecule has 106 valence electrons. The van der Waals surface area contributed by atoms with Gasteiger partial charge < -0.3 is 9.88 Å². The van der Waals surface area contributed by atoms with Crippen molar-refractivity contribution in [3.8, 4) is 5.69 Å². The Bertz CT molecular complexity index is 726. The zero-order chi connectivity index (χ0) is 14.7. The van der Waals surface area contributed by atoms with Crippen LogP contribution in [-0.2, 0) is 4.79 Å². The second-order valence-electron chi connectivity index (χ2n) is 4.17. The summed E-state index contributed by atoms with van der Waals surface area (Å²) in [5.41, 5.74) is 1.67. The fraction of sp³-hybridized carbons (Fsp3) is 0.0769. The van der Waals surface area contributed by atoms with Crippen LogP contribution in [0.15, 0.2) is 47.1 Å². The van der Waals surface area contributed by atoms with E-state index in [0.717, 1.165) is 11.3 Å². The number of amides is 1. The van der Waals surface area contributed by atoms with Crippen molar-refractivity contribution in [1.29, 1.82) is 0 Å². The topological polar surface area (TPSA) is 71.6 Å². The summed E-state index contributed by atoms with van der Waals surface area (Å²) in [6.45, 7) is 0. The number of carbonyl (C=O) groups is 1. The van der Waals surface area contributed by atoms with Crippen LogP contribution in [0.4, 0.5) is 0 Å². The highest BCUT2D eigenvalue weighted by atomic mass is 35.5. The molecule has 8 heteroatoms. The van der Waals surface area contributed by atoms with Gasteiger partial charge >= 0.3 is 0 Å². The molecule has 0 atom stereocenters. The summed E-state index contributed by atoms with van der Waals surface area (Å²) in [5, 5.41) is 11.6. The summed E-state index contributed by atoms with van der Waals surface area (Å²) < 4.78 is 1.83. The summed E-state index contributed by atoms with van der Waals surface area (Å²) in [7, 11) is 0. The molecular formula is C13H10ClN5OS. The maximum Gasteiger partial charge on any atom is 0.236 e. The van der Waals surface area contributed by atoms with E-state index in [1.54, 1.807) is 24.8 Å². The van der Waals surface area contributed by atoms with Gasteiger partial charge in [-0.2, -0.15) is 5.10 Å². The van der Waals surface area contributed by atoms with E-state index in [1.165, 1.54) is 11.8 Å². The van der Waals surface area contributed by atoms with Gasteiger partial charge in [-0.3, -0.25) is 4.79 Å². The number of nitrogens with zero attached hydrogens (tertiary/aromatic N) is 4. The van der Waals surface area contributed by atoms with Crippen LogP contribution in [-0.4, -0.2) is 32.6 Å². The summed E-state index contributed by atoms with van der Waals surface area (Å²) in [4.78, 5) is 15.0. The Morgan fingerprint density at radius 2 is 2.38 bits per heavy atom. The Kier molecular flexibility index (Phi) is 4.03. The molecule has 0 radical (unpaired) electrons. The number of hydrogen-bond acceptors (Lipinski definition) is 5. The first-order chi connectivity index (χ1) is 10.2. The van der Waals surface area contributed by atoms with E-state index in [9.17, 15) is 4.79 Å². The number of benzene rings is 1. The molecule has 2 heterocycles. The third kappa shape index (κ3) is 3.32. The maximum atomic E-state index is 11.0. The highest BCUT2D eigenvalue weighted by Gasteiger charge is 2.15. The minimum atomic E-state index is -0.0540. The zero-order valence-corrected chi connectivity index (χ0v) is 12.3. The molecular weight excluding hydrogens is 310 g/mol. The van der Waals surface area contributed by atoms with E-state index >= 15 is 0 Å². The van der Waals surface area contributed by atoms with Crippen molar-refractivity contribution in [1.82, 2.24) is 14.9 Å². The Balaban J connectivity index is 1.75. The lowest BCUT2D eigenvalue weighted by Gasteiger charge is -2.05. The molecule has 1 aliphatic heterocycles. The lowest BCUT2D eigenvalue weighted by molar-refractivity contribution is -0.116. The maximum absolute atomic E-state index is 11.0. The Hall–Kier alpha value is -2.12. The van der Waals surface area contributed by atoms with E-state index in [2.05, 4.69) is 20.5 Å². The summed E-state index contributed by atoms with van der Waals surface area (Å²) in [6, 6.07) is 5.55. The normalized spacial score (nSPS) is 16.8. The Labute approximate surface area is 129 Å². The third-order valence-corrected chi connectivity index (χ3v) is 3.86. The number of carbonyl (C=O) groups excluding carboxylic acids is 1. The van der Waals surface area contributed by atoms with Gasteiger partial charge in [-0.1, -0.05) is 29.4 Å². The van der Waals surface area contributed by atoms with E-state index in [1.807, 2.05) is 22.9 Å². The highest BCUT2D eigenvalue weighted by Crippen LogP contribution is 2.21. The molecule has 21 heavy (non-hydrogen) atoms. The average Bonchev–Trinajstić information content (AvgIpc) is 3.11. The quantitative estimate of drug-likeness (QED) is 0.695. The van der Waals surface area contributed by atoms with E-state index < -0.39 is 0 Å². The van der Waals surface area contributed by atoms with Crippen LogP contribution in [0.25, 0.3) is 5.69 Å². The number of rotatable bonds is 3. The van der Waals surface area contributed by atoms with Gasteiger partial charge in [-0.15, -0.1) is 5.10 Å². The van der Waals surface area contributed by atoms with Gasteiger partial charge in [0.05, 0.1) is 29.0 Å². The zero-order valence-electron chi connectivity index (χ0n) is 10.7. The monoisotopic (exact) mass is 319 g/mol. The van der Waals surface area contributed by atoms with Crippen molar-refractivity contribution in [3.63, 3.8) is 0 Å². The largest absolute Gasteiger partial charge is 0.305 e. The number of halogens is 1. The van der Waals surface area contributed by atoms with Crippen molar-refractivity contribution in [2.45, 2.75) is 0 Å². The third-order valence-electron chi connectivity index (χ3n) is 2.70. The molecule has 0 unspecified atom stereocenters. The number of nitrogens with one attached hydrogen (secondary N) is 1. The number of amidine groups is 1. The van der Waals surface area contributed by atoms with E-state index in [0.29, 0.717) is 15.9 Å². The first-order valence-electron chi connectivity index (χ1n) is 6.04. The minimum absolute atomic E-state index is 0.0540. The molecule has 0 aliphatic carbocycles. The Morgan fingerprint density at radius 1 is 1.48 bits per heavy atom.